The normalized spacial score (nSPS) is 31.3. The molecule has 1 aromatic heterocycles. The summed E-state index contributed by atoms with van der Waals surface area (Å²) in [5, 5.41) is 17.6. The van der Waals surface area contributed by atoms with Gasteiger partial charge < -0.3 is 15.7 Å². The van der Waals surface area contributed by atoms with E-state index in [-0.39, 0.29) is 17.3 Å². The van der Waals surface area contributed by atoms with Gasteiger partial charge in [0.25, 0.3) is 0 Å². The highest BCUT2D eigenvalue weighted by molar-refractivity contribution is 8.03. The smallest absolute Gasteiger partial charge is 0.235 e. The molecule has 5 atom stereocenters. The first-order chi connectivity index (χ1) is 10.6. The molecule has 1 saturated heterocycles. The van der Waals surface area contributed by atoms with Crippen molar-refractivity contribution in [2.24, 2.45) is 5.92 Å². The molecule has 0 spiro atoms. The average Bonchev–Trinajstić information content (AvgIpc) is 2.96. The van der Waals surface area contributed by atoms with E-state index in [1.165, 1.54) is 11.8 Å². The molecule has 0 aliphatic carbocycles. The van der Waals surface area contributed by atoms with Gasteiger partial charge in [-0.05, 0) is 24.0 Å². The lowest BCUT2D eigenvalue weighted by molar-refractivity contribution is -0.143. The second-order valence-corrected chi connectivity index (χ2v) is 6.54. The maximum atomic E-state index is 12.4. The van der Waals surface area contributed by atoms with Crippen molar-refractivity contribution in [1.29, 1.82) is 0 Å². The zero-order valence-electron chi connectivity index (χ0n) is 12.0. The molecule has 7 heteroatoms. The van der Waals surface area contributed by atoms with Crippen LogP contribution in [0.15, 0.2) is 36.0 Å². The third kappa shape index (κ3) is 2.74. The molecule has 3 heterocycles. The summed E-state index contributed by atoms with van der Waals surface area (Å²) in [6, 6.07) is 3.15. The molecule has 0 saturated carbocycles. The van der Waals surface area contributed by atoms with Gasteiger partial charge in [-0.25, -0.2) is 0 Å². The number of nitrogens with one attached hydrogen (secondary N) is 2. The summed E-state index contributed by atoms with van der Waals surface area (Å²) in [5.41, 5.74) is 0.844. The number of aliphatic hydroxyl groups is 1. The molecule has 3 N–H and O–H groups in total. The number of aromatic nitrogens is 1. The van der Waals surface area contributed by atoms with E-state index in [4.69, 9.17) is 0 Å². The van der Waals surface area contributed by atoms with Crippen LogP contribution >= 0.6 is 11.8 Å². The Balaban J connectivity index is 1.70. The van der Waals surface area contributed by atoms with Gasteiger partial charge in [-0.15, -0.1) is 11.8 Å². The van der Waals surface area contributed by atoms with Gasteiger partial charge in [0.15, 0.2) is 0 Å². The van der Waals surface area contributed by atoms with Crippen molar-refractivity contribution >= 4 is 23.6 Å². The Hall–Kier alpha value is -1.86. The van der Waals surface area contributed by atoms with E-state index in [9.17, 15) is 14.7 Å². The Morgan fingerprint density at radius 2 is 2.36 bits per heavy atom. The average molecular weight is 319 g/mol. The first-order valence-electron chi connectivity index (χ1n) is 7.09. The number of thioether (sulfide) groups is 1. The highest BCUT2D eigenvalue weighted by atomic mass is 32.2. The third-order valence-electron chi connectivity index (χ3n) is 3.97. The van der Waals surface area contributed by atoms with Crippen molar-refractivity contribution in [2.75, 3.05) is 0 Å². The SMILES string of the molecule is CC(NC(=O)C1C(=O)NC2C=CSC2C1O)c1cccnc1. The number of amides is 2. The first kappa shape index (κ1) is 15.1. The fourth-order valence-corrected chi connectivity index (χ4v) is 3.82. The van der Waals surface area contributed by atoms with E-state index in [1.807, 2.05) is 24.5 Å². The number of nitrogens with zero attached hydrogens (tertiary/aromatic N) is 1. The van der Waals surface area contributed by atoms with E-state index >= 15 is 0 Å². The lowest BCUT2D eigenvalue weighted by atomic mass is 9.89. The summed E-state index contributed by atoms with van der Waals surface area (Å²) >= 11 is 1.44. The van der Waals surface area contributed by atoms with Crippen LogP contribution in [0.25, 0.3) is 0 Å². The fraction of sp³-hybridized carbons (Fsp3) is 0.400. The second-order valence-electron chi connectivity index (χ2n) is 5.45. The Kier molecular flexibility index (Phi) is 4.17. The fourth-order valence-electron chi connectivity index (χ4n) is 2.73. The van der Waals surface area contributed by atoms with Crippen LogP contribution in [0.1, 0.15) is 18.5 Å². The van der Waals surface area contributed by atoms with Crippen LogP contribution in [-0.4, -0.2) is 39.3 Å². The van der Waals surface area contributed by atoms with Gasteiger partial charge in [-0.1, -0.05) is 12.1 Å². The number of hydrogen-bond donors (Lipinski definition) is 3. The quantitative estimate of drug-likeness (QED) is 0.700. The molecule has 0 bridgehead atoms. The van der Waals surface area contributed by atoms with Gasteiger partial charge in [0.1, 0.15) is 5.92 Å². The summed E-state index contributed by atoms with van der Waals surface area (Å²) in [6.45, 7) is 1.82. The van der Waals surface area contributed by atoms with Crippen LogP contribution in [0.4, 0.5) is 0 Å². The lowest BCUT2D eigenvalue weighted by Gasteiger charge is -2.35. The summed E-state index contributed by atoms with van der Waals surface area (Å²) in [7, 11) is 0. The van der Waals surface area contributed by atoms with Gasteiger partial charge in [0.05, 0.1) is 23.4 Å². The minimum absolute atomic E-state index is 0.202. The second kappa shape index (κ2) is 6.10. The maximum absolute atomic E-state index is 12.4. The molecule has 1 aromatic rings. The highest BCUT2D eigenvalue weighted by Crippen LogP contribution is 2.34. The van der Waals surface area contributed by atoms with Gasteiger partial charge >= 0.3 is 0 Å². The van der Waals surface area contributed by atoms with Crippen LogP contribution < -0.4 is 10.6 Å². The van der Waals surface area contributed by atoms with E-state index in [2.05, 4.69) is 15.6 Å². The first-order valence-corrected chi connectivity index (χ1v) is 8.03. The molecule has 3 rings (SSSR count). The molecular weight excluding hydrogens is 302 g/mol. The maximum Gasteiger partial charge on any atom is 0.235 e. The number of fused-ring (bicyclic) bond motifs is 1. The summed E-state index contributed by atoms with van der Waals surface area (Å²) in [4.78, 5) is 28.5. The predicted molar refractivity (Wildman–Crippen MR) is 82.7 cm³/mol. The van der Waals surface area contributed by atoms with Gasteiger partial charge in [0.2, 0.25) is 11.8 Å². The molecule has 2 amide bonds. The minimum atomic E-state index is -1.09. The number of hydrogen-bond acceptors (Lipinski definition) is 5. The van der Waals surface area contributed by atoms with Crippen LogP contribution in [0.2, 0.25) is 0 Å². The largest absolute Gasteiger partial charge is 0.390 e. The van der Waals surface area contributed by atoms with Crippen molar-refractivity contribution in [3.63, 3.8) is 0 Å². The molecule has 2 aliphatic rings. The van der Waals surface area contributed by atoms with Crippen molar-refractivity contribution in [3.05, 3.63) is 41.6 Å². The number of piperidine rings is 1. The standard InChI is InChI=1S/C15H17N3O3S/c1-8(9-3-2-5-16-7-9)17-14(20)11-12(19)13-10(4-6-22-13)18-15(11)21/h2-8,10-13,19H,1H3,(H,17,20)(H,18,21). The lowest BCUT2D eigenvalue weighted by Crippen LogP contribution is -2.61. The van der Waals surface area contributed by atoms with Crippen LogP contribution in [0.5, 0.6) is 0 Å². The van der Waals surface area contributed by atoms with Crippen molar-refractivity contribution in [1.82, 2.24) is 15.6 Å². The molecule has 0 radical (unpaired) electrons. The van der Waals surface area contributed by atoms with Crippen LogP contribution in [-0.2, 0) is 9.59 Å². The summed E-state index contributed by atoms with van der Waals surface area (Å²) in [5.74, 6) is -1.99. The molecule has 5 unspecified atom stereocenters. The highest BCUT2D eigenvalue weighted by Gasteiger charge is 2.47. The van der Waals surface area contributed by atoms with Gasteiger partial charge in [0, 0.05) is 12.4 Å². The third-order valence-corrected chi connectivity index (χ3v) is 5.17. The number of pyridine rings is 1. The number of carbonyl (C=O) groups excluding carboxylic acids is 2. The predicted octanol–water partition coefficient (Wildman–Crippen LogP) is 0.363. The Labute approximate surface area is 132 Å². The molecule has 116 valence electrons. The molecule has 2 aliphatic heterocycles. The monoisotopic (exact) mass is 319 g/mol. The Morgan fingerprint density at radius 3 is 3.09 bits per heavy atom. The molecule has 6 nitrogen and oxygen atoms in total. The van der Waals surface area contributed by atoms with Gasteiger partial charge in [-0.3, -0.25) is 14.6 Å². The molecule has 0 aromatic carbocycles. The molecule has 1 fully saturated rings. The minimum Gasteiger partial charge on any atom is -0.390 e. The number of aliphatic hydroxyl groups excluding tert-OH is 1. The number of carbonyl (C=O) groups is 2. The summed E-state index contributed by atoms with van der Waals surface area (Å²) < 4.78 is 0. The van der Waals surface area contributed by atoms with E-state index in [0.717, 1.165) is 5.56 Å². The van der Waals surface area contributed by atoms with Crippen molar-refractivity contribution in [3.8, 4) is 0 Å². The topological polar surface area (TPSA) is 91.3 Å². The van der Waals surface area contributed by atoms with E-state index < -0.39 is 23.8 Å². The Bertz CT molecular complexity index is 607. The van der Waals surface area contributed by atoms with E-state index in [1.54, 1.807) is 18.5 Å². The zero-order chi connectivity index (χ0) is 15.7. The number of rotatable bonds is 3. The van der Waals surface area contributed by atoms with Crippen molar-refractivity contribution in [2.45, 2.75) is 30.4 Å². The van der Waals surface area contributed by atoms with Crippen LogP contribution in [0.3, 0.4) is 0 Å². The zero-order valence-corrected chi connectivity index (χ0v) is 12.8. The molecular formula is C15H17N3O3S. The van der Waals surface area contributed by atoms with Crippen molar-refractivity contribution < 1.29 is 14.7 Å². The van der Waals surface area contributed by atoms with E-state index in [0.29, 0.717) is 0 Å². The Morgan fingerprint density at radius 1 is 1.55 bits per heavy atom. The van der Waals surface area contributed by atoms with Gasteiger partial charge in [-0.2, -0.15) is 0 Å². The summed E-state index contributed by atoms with van der Waals surface area (Å²) in [6.07, 6.45) is 4.15. The van der Waals surface area contributed by atoms with Crippen LogP contribution in [0, 0.1) is 5.92 Å². The molecule has 22 heavy (non-hydrogen) atoms.